The van der Waals surface area contributed by atoms with Crippen LogP contribution in [0.1, 0.15) is 12.5 Å². The van der Waals surface area contributed by atoms with Crippen LogP contribution in [0.15, 0.2) is 35.7 Å². The van der Waals surface area contributed by atoms with Gasteiger partial charge in [-0.15, -0.1) is 0 Å². The third kappa shape index (κ3) is 3.09. The first-order valence-electron chi connectivity index (χ1n) is 5.66. The number of sulfonamides is 1. The average molecular weight is 282 g/mol. The number of aromatic nitrogens is 3. The van der Waals surface area contributed by atoms with Crippen molar-refractivity contribution in [2.24, 2.45) is 0 Å². The maximum absolute atomic E-state index is 12.0. The molecule has 0 amide bonds. The number of aliphatic hydroxyl groups is 1. The first kappa shape index (κ1) is 13.5. The molecule has 0 aromatic carbocycles. The summed E-state index contributed by atoms with van der Waals surface area (Å²) in [4.78, 5) is 3.81. The number of hydrogen-bond donors (Lipinski definition) is 2. The molecule has 2 heterocycles. The molecule has 2 rings (SSSR count). The lowest BCUT2D eigenvalue weighted by Gasteiger charge is -2.05. The summed E-state index contributed by atoms with van der Waals surface area (Å²) in [7, 11) is -3.73. The Kier molecular flexibility index (Phi) is 3.82. The van der Waals surface area contributed by atoms with Gasteiger partial charge in [0.25, 0.3) is 10.0 Å². The van der Waals surface area contributed by atoms with Gasteiger partial charge in [0.1, 0.15) is 0 Å². The zero-order valence-corrected chi connectivity index (χ0v) is 11.1. The number of aryl methyl sites for hydroxylation is 1. The van der Waals surface area contributed by atoms with Crippen LogP contribution in [0.25, 0.3) is 0 Å². The quantitative estimate of drug-likeness (QED) is 0.836. The van der Waals surface area contributed by atoms with Crippen molar-refractivity contribution in [2.75, 3.05) is 4.72 Å². The van der Waals surface area contributed by atoms with Crippen molar-refractivity contribution in [3.05, 3.63) is 36.3 Å². The number of anilines is 1. The van der Waals surface area contributed by atoms with Crippen LogP contribution in [0.5, 0.6) is 0 Å². The predicted octanol–water partition coefficient (Wildman–Crippen LogP) is 0.591. The summed E-state index contributed by atoms with van der Waals surface area (Å²) in [5.74, 6) is 0. The van der Waals surface area contributed by atoms with Gasteiger partial charge in [0.2, 0.25) is 0 Å². The third-order valence-electron chi connectivity index (χ3n) is 2.46. The molecule has 0 aliphatic rings. The van der Waals surface area contributed by atoms with Gasteiger partial charge in [-0.05, 0) is 18.6 Å². The van der Waals surface area contributed by atoms with E-state index in [0.29, 0.717) is 17.8 Å². The van der Waals surface area contributed by atoms with Gasteiger partial charge in [0, 0.05) is 18.9 Å². The lowest BCUT2D eigenvalue weighted by atomic mass is 10.3. The molecule has 2 N–H and O–H groups in total. The SMILES string of the molecule is CCn1cc(NS(=O)(=O)c2ccc(CO)cn2)cn1. The predicted molar refractivity (Wildman–Crippen MR) is 68.9 cm³/mol. The molecule has 0 saturated carbocycles. The monoisotopic (exact) mass is 282 g/mol. The highest BCUT2D eigenvalue weighted by atomic mass is 32.2. The van der Waals surface area contributed by atoms with Gasteiger partial charge < -0.3 is 5.11 Å². The Morgan fingerprint density at radius 2 is 2.16 bits per heavy atom. The minimum absolute atomic E-state index is 0.103. The van der Waals surface area contributed by atoms with Gasteiger partial charge in [-0.25, -0.2) is 4.98 Å². The Morgan fingerprint density at radius 1 is 1.37 bits per heavy atom. The summed E-state index contributed by atoms with van der Waals surface area (Å²) in [6.45, 7) is 2.38. The largest absolute Gasteiger partial charge is 0.392 e. The molecule has 0 spiro atoms. The molecule has 2 aromatic heterocycles. The Bertz CT molecular complexity index is 649. The molecular formula is C11H14N4O3S. The lowest BCUT2D eigenvalue weighted by Crippen LogP contribution is -2.14. The van der Waals surface area contributed by atoms with Crippen LogP contribution < -0.4 is 4.72 Å². The second kappa shape index (κ2) is 5.37. The molecule has 19 heavy (non-hydrogen) atoms. The molecule has 7 nitrogen and oxygen atoms in total. The van der Waals surface area contributed by atoms with Crippen molar-refractivity contribution >= 4 is 15.7 Å². The van der Waals surface area contributed by atoms with Gasteiger partial charge >= 0.3 is 0 Å². The smallest absolute Gasteiger partial charge is 0.279 e. The van der Waals surface area contributed by atoms with Gasteiger partial charge in [-0.2, -0.15) is 13.5 Å². The van der Waals surface area contributed by atoms with Crippen molar-refractivity contribution in [1.29, 1.82) is 0 Å². The number of hydrogen-bond acceptors (Lipinski definition) is 5. The van der Waals surface area contributed by atoms with E-state index < -0.39 is 10.0 Å². The van der Waals surface area contributed by atoms with E-state index in [1.54, 1.807) is 10.9 Å². The van der Waals surface area contributed by atoms with Crippen molar-refractivity contribution in [3.8, 4) is 0 Å². The van der Waals surface area contributed by atoms with Gasteiger partial charge in [0.05, 0.1) is 18.5 Å². The summed E-state index contributed by atoms with van der Waals surface area (Å²) in [6, 6.07) is 2.86. The molecule has 0 aliphatic heterocycles. The van der Waals surface area contributed by atoms with E-state index in [0.717, 1.165) is 0 Å². The first-order chi connectivity index (χ1) is 9.05. The van der Waals surface area contributed by atoms with Crippen LogP contribution >= 0.6 is 0 Å². The molecular weight excluding hydrogens is 268 g/mol. The highest BCUT2D eigenvalue weighted by Gasteiger charge is 2.16. The fourth-order valence-electron chi connectivity index (χ4n) is 1.46. The minimum Gasteiger partial charge on any atom is -0.392 e. The number of pyridine rings is 1. The van der Waals surface area contributed by atoms with E-state index in [1.165, 1.54) is 24.5 Å². The molecule has 2 aromatic rings. The first-order valence-corrected chi connectivity index (χ1v) is 7.14. The topological polar surface area (TPSA) is 97.1 Å². The Balaban J connectivity index is 2.21. The van der Waals surface area contributed by atoms with Gasteiger partial charge in [0.15, 0.2) is 5.03 Å². The number of nitrogens with one attached hydrogen (secondary N) is 1. The zero-order chi connectivity index (χ0) is 13.9. The van der Waals surface area contributed by atoms with Crippen molar-refractivity contribution in [1.82, 2.24) is 14.8 Å². The van der Waals surface area contributed by atoms with Crippen LogP contribution in [0, 0.1) is 0 Å². The van der Waals surface area contributed by atoms with Gasteiger partial charge in [-0.1, -0.05) is 6.07 Å². The van der Waals surface area contributed by atoms with Crippen LogP contribution in [0.2, 0.25) is 0 Å². The van der Waals surface area contributed by atoms with E-state index in [1.807, 2.05) is 6.92 Å². The maximum Gasteiger partial charge on any atom is 0.279 e. The van der Waals surface area contributed by atoms with Crippen LogP contribution in [-0.2, 0) is 23.2 Å². The molecule has 0 unspecified atom stereocenters. The van der Waals surface area contributed by atoms with E-state index >= 15 is 0 Å². The Hall–Kier alpha value is -1.93. The molecule has 0 saturated heterocycles. The molecule has 0 atom stereocenters. The summed E-state index contributed by atoms with van der Waals surface area (Å²) in [6.07, 6.45) is 4.35. The van der Waals surface area contributed by atoms with Crippen LogP contribution in [0.4, 0.5) is 5.69 Å². The molecule has 0 bridgehead atoms. The number of rotatable bonds is 5. The molecule has 8 heteroatoms. The highest BCUT2D eigenvalue weighted by molar-refractivity contribution is 7.92. The number of nitrogens with zero attached hydrogens (tertiary/aromatic N) is 3. The highest BCUT2D eigenvalue weighted by Crippen LogP contribution is 2.13. The molecule has 102 valence electrons. The van der Waals surface area contributed by atoms with E-state index in [9.17, 15) is 8.42 Å². The maximum atomic E-state index is 12.0. The average Bonchev–Trinajstić information content (AvgIpc) is 2.85. The fourth-order valence-corrected chi connectivity index (χ4v) is 2.42. The standard InChI is InChI=1S/C11H14N4O3S/c1-2-15-7-10(6-13-15)14-19(17,18)11-4-3-9(8-16)5-12-11/h3-7,14,16H,2,8H2,1H3. The Morgan fingerprint density at radius 3 is 2.68 bits per heavy atom. The van der Waals surface area contributed by atoms with Crippen molar-refractivity contribution < 1.29 is 13.5 Å². The third-order valence-corrected chi connectivity index (χ3v) is 3.76. The van der Waals surface area contributed by atoms with Gasteiger partial charge in [-0.3, -0.25) is 9.40 Å². The molecule has 0 aliphatic carbocycles. The second-order valence-electron chi connectivity index (χ2n) is 3.85. The summed E-state index contributed by atoms with van der Waals surface area (Å²) < 4.78 is 28.1. The summed E-state index contributed by atoms with van der Waals surface area (Å²) in [5.41, 5.74) is 0.938. The Labute approximate surface area is 111 Å². The van der Waals surface area contributed by atoms with E-state index in [2.05, 4.69) is 14.8 Å². The zero-order valence-electron chi connectivity index (χ0n) is 10.3. The van der Waals surface area contributed by atoms with Crippen molar-refractivity contribution in [2.45, 2.75) is 25.1 Å². The van der Waals surface area contributed by atoms with E-state index in [-0.39, 0.29) is 11.6 Å². The molecule has 0 fully saturated rings. The summed E-state index contributed by atoms with van der Waals surface area (Å²) in [5, 5.41) is 12.8. The minimum atomic E-state index is -3.73. The van der Waals surface area contributed by atoms with Crippen molar-refractivity contribution in [3.63, 3.8) is 0 Å². The number of aliphatic hydroxyl groups excluding tert-OH is 1. The fraction of sp³-hybridized carbons (Fsp3) is 0.273. The van der Waals surface area contributed by atoms with Crippen LogP contribution in [-0.4, -0.2) is 28.3 Å². The molecule has 0 radical (unpaired) electrons. The normalized spacial score (nSPS) is 11.5. The van der Waals surface area contributed by atoms with Crippen LogP contribution in [0.3, 0.4) is 0 Å². The summed E-state index contributed by atoms with van der Waals surface area (Å²) >= 11 is 0. The second-order valence-corrected chi connectivity index (χ2v) is 5.48. The van der Waals surface area contributed by atoms with E-state index in [4.69, 9.17) is 5.11 Å². The lowest BCUT2D eigenvalue weighted by molar-refractivity contribution is 0.281.